The molecule has 1 heterocycles. The number of nitrogens with two attached hydrogens (primary N) is 1. The Balaban J connectivity index is 1.63. The maximum Gasteiger partial charge on any atom is 0.205 e. The van der Waals surface area contributed by atoms with E-state index in [1.807, 2.05) is 6.07 Å². The van der Waals surface area contributed by atoms with E-state index in [2.05, 4.69) is 15.5 Å². The quantitative estimate of drug-likeness (QED) is 0.514. The molecule has 0 aliphatic carbocycles. The summed E-state index contributed by atoms with van der Waals surface area (Å²) in [6.45, 7) is -0.199. The summed E-state index contributed by atoms with van der Waals surface area (Å²) in [6, 6.07) is 10.7. The van der Waals surface area contributed by atoms with Gasteiger partial charge in [-0.15, -0.1) is 11.3 Å². The second kappa shape index (κ2) is 7.71. The number of hydrogen-bond acceptors (Lipinski definition) is 6. The molecule has 0 saturated heterocycles. The van der Waals surface area contributed by atoms with E-state index in [0.717, 1.165) is 5.56 Å². The molecule has 2 aromatic carbocycles. The van der Waals surface area contributed by atoms with Gasteiger partial charge in [-0.05, 0) is 29.8 Å². The standard InChI is InChI=1S/C17H14F2N4OS/c18-14-5-2-6-15(19)13(14)9-24-12-4-1-3-11(7-12)8-21-23-17-22-16(20)10-25-17/h1-8,10H,9,20H2,(H,22,23). The number of ether oxygens (including phenoxy) is 1. The first-order valence-corrected chi connectivity index (χ1v) is 8.15. The van der Waals surface area contributed by atoms with Crippen molar-refractivity contribution in [1.29, 1.82) is 0 Å². The van der Waals surface area contributed by atoms with E-state index in [-0.39, 0.29) is 12.2 Å². The van der Waals surface area contributed by atoms with Gasteiger partial charge < -0.3 is 10.5 Å². The number of nitrogen functional groups attached to an aromatic ring is 1. The number of halogens is 2. The van der Waals surface area contributed by atoms with Crippen molar-refractivity contribution < 1.29 is 13.5 Å². The molecule has 0 fully saturated rings. The number of anilines is 2. The number of rotatable bonds is 6. The van der Waals surface area contributed by atoms with Crippen molar-refractivity contribution in [3.63, 3.8) is 0 Å². The zero-order valence-electron chi connectivity index (χ0n) is 12.9. The topological polar surface area (TPSA) is 72.5 Å². The molecule has 8 heteroatoms. The fourth-order valence-corrected chi connectivity index (χ4v) is 2.56. The molecule has 128 valence electrons. The zero-order valence-corrected chi connectivity index (χ0v) is 13.8. The van der Waals surface area contributed by atoms with Crippen molar-refractivity contribution in [3.05, 3.63) is 70.6 Å². The van der Waals surface area contributed by atoms with Crippen LogP contribution in [0.4, 0.5) is 19.7 Å². The fourth-order valence-electron chi connectivity index (χ4n) is 2.01. The molecule has 3 aromatic rings. The first-order chi connectivity index (χ1) is 12.1. The van der Waals surface area contributed by atoms with Crippen molar-refractivity contribution in [3.8, 4) is 5.75 Å². The molecule has 1 aromatic heterocycles. The van der Waals surface area contributed by atoms with Gasteiger partial charge in [0.1, 0.15) is 29.8 Å². The van der Waals surface area contributed by atoms with Crippen molar-refractivity contribution in [2.24, 2.45) is 5.10 Å². The first kappa shape index (κ1) is 16.8. The Morgan fingerprint density at radius 2 is 1.96 bits per heavy atom. The SMILES string of the molecule is Nc1csc(NN=Cc2cccc(OCc3c(F)cccc3F)c2)n1. The van der Waals surface area contributed by atoms with Gasteiger partial charge >= 0.3 is 0 Å². The van der Waals surface area contributed by atoms with Crippen molar-refractivity contribution >= 4 is 28.5 Å². The molecular weight excluding hydrogens is 346 g/mol. The highest BCUT2D eigenvalue weighted by atomic mass is 32.1. The Morgan fingerprint density at radius 3 is 2.68 bits per heavy atom. The minimum atomic E-state index is -0.635. The van der Waals surface area contributed by atoms with E-state index < -0.39 is 11.6 Å². The number of hydrogen-bond donors (Lipinski definition) is 2. The van der Waals surface area contributed by atoms with Crippen molar-refractivity contribution in [2.45, 2.75) is 6.61 Å². The van der Waals surface area contributed by atoms with E-state index >= 15 is 0 Å². The molecule has 25 heavy (non-hydrogen) atoms. The van der Waals surface area contributed by atoms with Crippen LogP contribution in [0.15, 0.2) is 52.9 Å². The number of nitrogens with one attached hydrogen (secondary N) is 1. The first-order valence-electron chi connectivity index (χ1n) is 7.27. The van der Waals surface area contributed by atoms with Crippen LogP contribution in [-0.2, 0) is 6.61 Å². The Bertz CT molecular complexity index is 878. The molecule has 0 aliphatic heterocycles. The van der Waals surface area contributed by atoms with E-state index in [0.29, 0.717) is 16.7 Å². The Morgan fingerprint density at radius 1 is 1.20 bits per heavy atom. The third-order valence-electron chi connectivity index (χ3n) is 3.20. The van der Waals surface area contributed by atoms with Crippen LogP contribution in [0.2, 0.25) is 0 Å². The van der Waals surface area contributed by atoms with E-state index in [1.165, 1.54) is 29.5 Å². The third kappa shape index (κ3) is 4.51. The van der Waals surface area contributed by atoms with E-state index in [1.54, 1.807) is 29.8 Å². The average molecular weight is 360 g/mol. The van der Waals surface area contributed by atoms with Gasteiger partial charge in [-0.25, -0.2) is 13.8 Å². The molecule has 3 rings (SSSR count). The van der Waals surface area contributed by atoms with Gasteiger partial charge in [0.2, 0.25) is 5.13 Å². The molecule has 0 aliphatic rings. The normalized spacial score (nSPS) is 11.0. The van der Waals surface area contributed by atoms with E-state index in [9.17, 15) is 8.78 Å². The van der Waals surface area contributed by atoms with E-state index in [4.69, 9.17) is 10.5 Å². The highest BCUT2D eigenvalue weighted by molar-refractivity contribution is 7.14. The lowest BCUT2D eigenvalue weighted by Gasteiger charge is -2.08. The predicted molar refractivity (Wildman–Crippen MR) is 94.9 cm³/mol. The number of hydrazone groups is 1. The summed E-state index contributed by atoms with van der Waals surface area (Å²) >= 11 is 1.34. The maximum atomic E-state index is 13.6. The van der Waals surface area contributed by atoms with Gasteiger partial charge in [0.25, 0.3) is 0 Å². The summed E-state index contributed by atoms with van der Waals surface area (Å²) in [4.78, 5) is 4.01. The molecule has 5 nitrogen and oxygen atoms in total. The summed E-state index contributed by atoms with van der Waals surface area (Å²) in [7, 11) is 0. The van der Waals surface area contributed by atoms with Gasteiger partial charge in [0.15, 0.2) is 0 Å². The van der Waals surface area contributed by atoms with Crippen LogP contribution in [0.25, 0.3) is 0 Å². The molecule has 0 radical (unpaired) electrons. The van der Waals surface area contributed by atoms with Crippen LogP contribution in [0, 0.1) is 11.6 Å². The molecule has 0 amide bonds. The Labute approximate surface area is 146 Å². The van der Waals surface area contributed by atoms with Crippen LogP contribution in [-0.4, -0.2) is 11.2 Å². The number of nitrogens with zero attached hydrogens (tertiary/aromatic N) is 2. The minimum absolute atomic E-state index is 0.107. The van der Waals surface area contributed by atoms with Gasteiger partial charge in [0.05, 0.1) is 11.8 Å². The molecule has 0 atom stereocenters. The van der Waals surface area contributed by atoms with Gasteiger partial charge in [-0.1, -0.05) is 18.2 Å². The summed E-state index contributed by atoms with van der Waals surface area (Å²) in [5.41, 5.74) is 8.93. The molecule has 3 N–H and O–H groups in total. The smallest absolute Gasteiger partial charge is 0.205 e. The summed E-state index contributed by atoms with van der Waals surface area (Å²) < 4.78 is 32.7. The van der Waals surface area contributed by atoms with Gasteiger partial charge in [-0.2, -0.15) is 5.10 Å². The lowest BCUT2D eigenvalue weighted by Crippen LogP contribution is -2.02. The monoisotopic (exact) mass is 360 g/mol. The highest BCUT2D eigenvalue weighted by Crippen LogP contribution is 2.18. The lowest BCUT2D eigenvalue weighted by atomic mass is 10.2. The van der Waals surface area contributed by atoms with Crippen LogP contribution in [0.5, 0.6) is 5.75 Å². The van der Waals surface area contributed by atoms with Crippen molar-refractivity contribution in [2.75, 3.05) is 11.2 Å². The molecule has 0 spiro atoms. The van der Waals surface area contributed by atoms with Crippen LogP contribution < -0.4 is 15.9 Å². The summed E-state index contributed by atoms with van der Waals surface area (Å²) in [5.74, 6) is -0.363. The maximum absolute atomic E-state index is 13.6. The lowest BCUT2D eigenvalue weighted by molar-refractivity contribution is 0.292. The third-order valence-corrected chi connectivity index (χ3v) is 3.96. The fraction of sp³-hybridized carbons (Fsp3) is 0.0588. The van der Waals surface area contributed by atoms with Gasteiger partial charge in [0, 0.05) is 5.38 Å². The Kier molecular flexibility index (Phi) is 5.20. The second-order valence-corrected chi connectivity index (χ2v) is 5.87. The minimum Gasteiger partial charge on any atom is -0.489 e. The average Bonchev–Trinajstić information content (AvgIpc) is 3.00. The second-order valence-electron chi connectivity index (χ2n) is 5.01. The number of benzene rings is 2. The zero-order chi connectivity index (χ0) is 17.6. The summed E-state index contributed by atoms with van der Waals surface area (Å²) in [5, 5.41) is 6.34. The van der Waals surface area contributed by atoms with Crippen LogP contribution in [0.3, 0.4) is 0 Å². The Hall–Kier alpha value is -3.00. The predicted octanol–water partition coefficient (Wildman–Crippen LogP) is 4.03. The highest BCUT2D eigenvalue weighted by Gasteiger charge is 2.09. The molecular formula is C17H14F2N4OS. The number of aromatic nitrogens is 1. The van der Waals surface area contributed by atoms with Crippen molar-refractivity contribution in [1.82, 2.24) is 4.98 Å². The number of thiazole rings is 1. The summed E-state index contributed by atoms with van der Waals surface area (Å²) in [6.07, 6.45) is 1.58. The van der Waals surface area contributed by atoms with Crippen LogP contribution in [0.1, 0.15) is 11.1 Å². The van der Waals surface area contributed by atoms with Gasteiger partial charge in [-0.3, -0.25) is 5.43 Å². The largest absolute Gasteiger partial charge is 0.489 e. The molecule has 0 bridgehead atoms. The van der Waals surface area contributed by atoms with Crippen LogP contribution >= 0.6 is 11.3 Å². The molecule has 0 unspecified atom stereocenters. The molecule has 0 saturated carbocycles.